The van der Waals surface area contributed by atoms with Gasteiger partial charge in [0.25, 0.3) is 0 Å². The lowest BCUT2D eigenvalue weighted by Crippen LogP contribution is -2.60. The second-order valence-corrected chi connectivity index (χ2v) is 11.2. The summed E-state index contributed by atoms with van der Waals surface area (Å²) >= 11 is 0. The number of rotatable bonds is 6. The number of carbonyl (C=O) groups is 2. The van der Waals surface area contributed by atoms with E-state index in [2.05, 4.69) is 22.1 Å². The molecule has 0 saturated carbocycles. The Balaban J connectivity index is 0.00000336. The highest BCUT2D eigenvalue weighted by Gasteiger charge is 2.43. The highest BCUT2D eigenvalue weighted by molar-refractivity contribution is 5.97. The lowest BCUT2D eigenvalue weighted by atomic mass is 9.88. The molecule has 0 bridgehead atoms. The zero-order valence-corrected chi connectivity index (χ0v) is 21.7. The van der Waals surface area contributed by atoms with Gasteiger partial charge >= 0.3 is 5.92 Å². The maximum absolute atomic E-state index is 15.4. The molecule has 0 unspecified atom stereocenters. The van der Waals surface area contributed by atoms with Gasteiger partial charge in [-0.1, -0.05) is 51.6 Å². The van der Waals surface area contributed by atoms with E-state index < -0.39 is 11.3 Å². The number of amides is 2. The Kier molecular flexibility index (Phi) is 7.91. The molecule has 2 fully saturated rings. The fourth-order valence-corrected chi connectivity index (χ4v) is 5.76. The third-order valence-corrected chi connectivity index (χ3v) is 7.88. The van der Waals surface area contributed by atoms with E-state index in [1.54, 1.807) is 23.1 Å². The number of likely N-dealkylation sites (tertiary alicyclic amines) is 1. The normalized spacial score (nSPS) is 23.3. The van der Waals surface area contributed by atoms with E-state index >= 15 is 8.78 Å². The summed E-state index contributed by atoms with van der Waals surface area (Å²) < 4.78 is 30.7. The minimum absolute atomic E-state index is 0. The van der Waals surface area contributed by atoms with E-state index in [0.29, 0.717) is 38.3 Å². The van der Waals surface area contributed by atoms with Gasteiger partial charge in [-0.3, -0.25) is 19.5 Å². The van der Waals surface area contributed by atoms with Gasteiger partial charge in [0.05, 0.1) is 12.2 Å². The second kappa shape index (κ2) is 10.7. The molecule has 0 radical (unpaired) electrons. The van der Waals surface area contributed by atoms with Crippen LogP contribution in [0.25, 0.3) is 0 Å². The summed E-state index contributed by atoms with van der Waals surface area (Å²) in [6.45, 7) is 9.37. The summed E-state index contributed by atoms with van der Waals surface area (Å²) in [6.07, 6.45) is 2.96. The van der Waals surface area contributed by atoms with Crippen molar-refractivity contribution >= 4 is 17.5 Å². The molecule has 3 aliphatic rings. The Morgan fingerprint density at radius 3 is 2.66 bits per heavy atom. The SMILES string of the molecule is C.C[C@@H]1CN(CC(=O)N2CC(C)(C)c3cnc(C(F)(F)c4ccccc4)cc32)[C@@H](CN2CCCC2=O)CN1. The van der Waals surface area contributed by atoms with Crippen molar-refractivity contribution in [3.63, 3.8) is 0 Å². The van der Waals surface area contributed by atoms with Gasteiger partial charge in [-0.2, -0.15) is 8.78 Å². The number of pyridine rings is 1. The maximum atomic E-state index is 15.4. The summed E-state index contributed by atoms with van der Waals surface area (Å²) in [4.78, 5) is 35.8. The Bertz CT molecular complexity index is 1170. The fraction of sp³-hybridized carbons (Fsp3) is 0.552. The molecule has 0 aliphatic carbocycles. The van der Waals surface area contributed by atoms with Gasteiger partial charge < -0.3 is 15.1 Å². The monoisotopic (exact) mass is 527 g/mol. The van der Waals surface area contributed by atoms with E-state index in [-0.39, 0.29) is 49.1 Å². The van der Waals surface area contributed by atoms with Crippen LogP contribution in [0.1, 0.15) is 57.9 Å². The predicted molar refractivity (Wildman–Crippen MR) is 144 cm³/mol. The van der Waals surface area contributed by atoms with Crippen LogP contribution in [0.3, 0.4) is 0 Å². The van der Waals surface area contributed by atoms with Crippen LogP contribution in [-0.2, 0) is 20.9 Å². The first-order valence-corrected chi connectivity index (χ1v) is 13.1. The quantitative estimate of drug-likeness (QED) is 0.620. The number of carbonyl (C=O) groups excluding carboxylic acids is 2. The first-order chi connectivity index (χ1) is 17.6. The second-order valence-electron chi connectivity index (χ2n) is 11.2. The highest BCUT2D eigenvalue weighted by Crippen LogP contribution is 2.43. The number of anilines is 1. The van der Waals surface area contributed by atoms with E-state index in [9.17, 15) is 9.59 Å². The molecular weight excluding hydrogens is 488 g/mol. The summed E-state index contributed by atoms with van der Waals surface area (Å²) in [5.41, 5.74) is 0.392. The average molecular weight is 528 g/mol. The van der Waals surface area contributed by atoms with Crippen LogP contribution in [0, 0.1) is 0 Å². The zero-order valence-electron chi connectivity index (χ0n) is 21.7. The molecule has 1 N–H and O–H groups in total. The van der Waals surface area contributed by atoms with Crippen LogP contribution in [0.4, 0.5) is 14.5 Å². The molecule has 7 nitrogen and oxygen atoms in total. The van der Waals surface area contributed by atoms with Crippen molar-refractivity contribution in [3.8, 4) is 0 Å². The zero-order chi connectivity index (χ0) is 26.4. The van der Waals surface area contributed by atoms with Crippen LogP contribution in [0.2, 0.25) is 0 Å². The molecule has 2 atom stereocenters. The number of benzene rings is 1. The standard InChI is InChI=1S/C28H35F2N5O2.CH4/c1-19-15-34(21(13-31-19)16-33-11-7-10-25(33)36)17-26(37)35-18-27(2,3)22-14-32-24(12-23(22)35)28(29,30)20-8-5-4-6-9-20;/h4-6,8-9,12,14,19,21,31H,7,10-11,13,15-18H2,1-3H3;1H4/t19-,21-;/m1./s1. The van der Waals surface area contributed by atoms with Crippen LogP contribution in [0.15, 0.2) is 42.6 Å². The van der Waals surface area contributed by atoms with Crippen LogP contribution in [-0.4, -0.2) is 78.0 Å². The lowest BCUT2D eigenvalue weighted by Gasteiger charge is -2.41. The van der Waals surface area contributed by atoms with Gasteiger partial charge in [0.15, 0.2) is 0 Å². The molecular formula is C29H39F2N5O2. The van der Waals surface area contributed by atoms with Crippen LogP contribution in [0.5, 0.6) is 0 Å². The number of hydrogen-bond donors (Lipinski definition) is 1. The smallest absolute Gasteiger partial charge is 0.314 e. The third-order valence-electron chi connectivity index (χ3n) is 7.88. The summed E-state index contributed by atoms with van der Waals surface area (Å²) in [6, 6.07) is 9.25. The van der Waals surface area contributed by atoms with Gasteiger partial charge in [0.1, 0.15) is 5.69 Å². The van der Waals surface area contributed by atoms with Crippen molar-refractivity contribution in [1.82, 2.24) is 20.1 Å². The summed E-state index contributed by atoms with van der Waals surface area (Å²) in [7, 11) is 0. The number of aromatic nitrogens is 1. The van der Waals surface area contributed by atoms with E-state index in [1.807, 2.05) is 18.7 Å². The Hall–Kier alpha value is -2.91. The topological polar surface area (TPSA) is 68.8 Å². The predicted octanol–water partition coefficient (Wildman–Crippen LogP) is 3.77. The molecule has 38 heavy (non-hydrogen) atoms. The number of nitrogens with one attached hydrogen (secondary N) is 1. The average Bonchev–Trinajstić information content (AvgIpc) is 3.40. The number of fused-ring (bicyclic) bond motifs is 1. The number of piperazine rings is 1. The molecule has 3 aliphatic heterocycles. The van der Waals surface area contributed by atoms with Crippen molar-refractivity contribution in [2.45, 2.75) is 64.5 Å². The third kappa shape index (κ3) is 5.31. The molecule has 206 valence electrons. The van der Waals surface area contributed by atoms with Crippen molar-refractivity contribution in [2.24, 2.45) is 0 Å². The summed E-state index contributed by atoms with van der Waals surface area (Å²) in [5.74, 6) is -3.24. The molecule has 2 aromatic rings. The minimum atomic E-state index is -3.28. The first-order valence-electron chi connectivity index (χ1n) is 13.1. The molecule has 0 spiro atoms. The van der Waals surface area contributed by atoms with Crippen molar-refractivity contribution < 1.29 is 18.4 Å². The maximum Gasteiger partial charge on any atom is 0.314 e. The first kappa shape index (κ1) is 28.1. The number of nitrogens with zero attached hydrogens (tertiary/aromatic N) is 4. The van der Waals surface area contributed by atoms with Crippen LogP contribution < -0.4 is 10.2 Å². The van der Waals surface area contributed by atoms with Crippen LogP contribution >= 0.6 is 0 Å². The Labute approximate surface area is 224 Å². The van der Waals surface area contributed by atoms with Gasteiger partial charge in [-0.05, 0) is 19.4 Å². The molecule has 9 heteroatoms. The highest BCUT2D eigenvalue weighted by atomic mass is 19.3. The largest absolute Gasteiger partial charge is 0.341 e. The van der Waals surface area contributed by atoms with Gasteiger partial charge in [-0.25, -0.2) is 0 Å². The number of halogens is 2. The molecule has 2 saturated heterocycles. The molecule has 1 aromatic carbocycles. The fourth-order valence-electron chi connectivity index (χ4n) is 5.76. The summed E-state index contributed by atoms with van der Waals surface area (Å²) in [5, 5.41) is 3.47. The van der Waals surface area contributed by atoms with Gasteiger partial charge in [-0.15, -0.1) is 0 Å². The van der Waals surface area contributed by atoms with E-state index in [1.165, 1.54) is 24.4 Å². The number of alkyl halides is 2. The molecule has 4 heterocycles. The van der Waals surface area contributed by atoms with Gasteiger partial charge in [0.2, 0.25) is 11.8 Å². The Morgan fingerprint density at radius 2 is 1.97 bits per heavy atom. The molecule has 1 aromatic heterocycles. The van der Waals surface area contributed by atoms with Crippen molar-refractivity contribution in [1.29, 1.82) is 0 Å². The molecule has 5 rings (SSSR count). The van der Waals surface area contributed by atoms with Crippen molar-refractivity contribution in [3.05, 3.63) is 59.4 Å². The lowest BCUT2D eigenvalue weighted by molar-refractivity contribution is -0.128. The Morgan fingerprint density at radius 1 is 1.24 bits per heavy atom. The minimum Gasteiger partial charge on any atom is -0.341 e. The molecule has 2 amide bonds. The number of hydrogen-bond acceptors (Lipinski definition) is 5. The van der Waals surface area contributed by atoms with E-state index in [4.69, 9.17) is 0 Å². The van der Waals surface area contributed by atoms with Gasteiger partial charge in [0, 0.05) is 74.0 Å². The van der Waals surface area contributed by atoms with E-state index in [0.717, 1.165) is 18.5 Å². The van der Waals surface area contributed by atoms with Crippen molar-refractivity contribution in [2.75, 3.05) is 44.2 Å².